The molecule has 1 aromatic carbocycles. The number of hydrogen-bond donors (Lipinski definition) is 1. The van der Waals surface area contributed by atoms with Crippen LogP contribution >= 0.6 is 0 Å². The molecular weight excluding hydrogens is 290 g/mol. The Kier molecular flexibility index (Phi) is 5.60. The minimum atomic E-state index is 0.490. The summed E-state index contributed by atoms with van der Waals surface area (Å²) in [7, 11) is 2.08. The molecule has 0 unspecified atom stereocenters. The minimum absolute atomic E-state index is 0.490. The highest BCUT2D eigenvalue weighted by Crippen LogP contribution is 2.17. The lowest BCUT2D eigenvalue weighted by molar-refractivity contribution is 0.231. The van der Waals surface area contributed by atoms with Gasteiger partial charge in [0, 0.05) is 13.1 Å². The van der Waals surface area contributed by atoms with Gasteiger partial charge in [0.25, 0.3) is 0 Å². The van der Waals surface area contributed by atoms with Crippen molar-refractivity contribution in [2.75, 3.05) is 33.3 Å². The van der Waals surface area contributed by atoms with Gasteiger partial charge in [-0.05, 0) is 45.1 Å². The van der Waals surface area contributed by atoms with E-state index in [-0.39, 0.29) is 0 Å². The van der Waals surface area contributed by atoms with Gasteiger partial charge in [0.05, 0.1) is 17.9 Å². The topological polar surface area (TPSA) is 55.2 Å². The third kappa shape index (κ3) is 4.77. The maximum absolute atomic E-state index is 5.72. The summed E-state index contributed by atoms with van der Waals surface area (Å²) in [5, 5.41) is 12.0. The largest absolute Gasteiger partial charge is 0.492 e. The lowest BCUT2D eigenvalue weighted by Crippen LogP contribution is -2.29. The van der Waals surface area contributed by atoms with Crippen LogP contribution in [0, 0.1) is 0 Å². The van der Waals surface area contributed by atoms with Crippen LogP contribution in [0.25, 0.3) is 0 Å². The average molecular weight is 315 g/mol. The summed E-state index contributed by atoms with van der Waals surface area (Å²) in [6.07, 6.45) is 4.34. The molecule has 1 fully saturated rings. The number of nitrogens with one attached hydrogen (secondary N) is 1. The number of likely N-dealkylation sites (N-methyl/N-ethyl adjacent to an activating group) is 1. The van der Waals surface area contributed by atoms with Crippen LogP contribution < -0.4 is 10.1 Å². The fourth-order valence-electron chi connectivity index (χ4n) is 2.83. The van der Waals surface area contributed by atoms with Crippen molar-refractivity contribution in [2.45, 2.75) is 25.4 Å². The second kappa shape index (κ2) is 8.08. The van der Waals surface area contributed by atoms with Gasteiger partial charge in [0.2, 0.25) is 0 Å². The van der Waals surface area contributed by atoms with Crippen LogP contribution in [0.15, 0.2) is 36.5 Å². The molecule has 2 aromatic rings. The van der Waals surface area contributed by atoms with Gasteiger partial charge in [-0.1, -0.05) is 23.4 Å². The molecule has 1 saturated heterocycles. The van der Waals surface area contributed by atoms with Crippen molar-refractivity contribution in [3.8, 4) is 5.75 Å². The summed E-state index contributed by atoms with van der Waals surface area (Å²) in [4.78, 5) is 2.21. The van der Waals surface area contributed by atoms with Gasteiger partial charge in [0.15, 0.2) is 0 Å². The van der Waals surface area contributed by atoms with Crippen molar-refractivity contribution in [2.24, 2.45) is 0 Å². The summed E-state index contributed by atoms with van der Waals surface area (Å²) < 4.78 is 7.76. The molecule has 1 aromatic heterocycles. The van der Waals surface area contributed by atoms with E-state index in [4.69, 9.17) is 4.74 Å². The van der Waals surface area contributed by atoms with Crippen LogP contribution in [0.2, 0.25) is 0 Å². The highest BCUT2D eigenvalue weighted by atomic mass is 16.5. The first-order valence-corrected chi connectivity index (χ1v) is 8.29. The molecule has 124 valence electrons. The molecule has 6 heteroatoms. The van der Waals surface area contributed by atoms with Crippen LogP contribution in [0.1, 0.15) is 24.6 Å². The Bertz CT molecular complexity index is 580. The van der Waals surface area contributed by atoms with E-state index < -0.39 is 0 Å². The van der Waals surface area contributed by atoms with Crippen LogP contribution in [-0.2, 0) is 6.54 Å². The van der Waals surface area contributed by atoms with E-state index in [9.17, 15) is 0 Å². The number of rotatable bonds is 7. The molecule has 0 amide bonds. The zero-order valence-corrected chi connectivity index (χ0v) is 13.7. The summed E-state index contributed by atoms with van der Waals surface area (Å²) >= 11 is 0. The Labute approximate surface area is 137 Å². The van der Waals surface area contributed by atoms with E-state index in [2.05, 4.69) is 33.8 Å². The number of para-hydroxylation sites is 1. The zero-order chi connectivity index (χ0) is 15.9. The monoisotopic (exact) mass is 315 g/mol. The first-order valence-electron chi connectivity index (χ1n) is 8.29. The predicted octanol–water partition coefficient (Wildman–Crippen LogP) is 1.71. The van der Waals surface area contributed by atoms with Crippen LogP contribution in [0.5, 0.6) is 5.75 Å². The second-order valence-corrected chi connectivity index (χ2v) is 6.07. The normalized spacial score (nSPS) is 15.9. The van der Waals surface area contributed by atoms with E-state index in [0.717, 1.165) is 50.5 Å². The molecule has 23 heavy (non-hydrogen) atoms. The molecule has 0 spiro atoms. The first kappa shape index (κ1) is 16.0. The van der Waals surface area contributed by atoms with Crippen molar-refractivity contribution in [3.63, 3.8) is 0 Å². The van der Waals surface area contributed by atoms with Crippen molar-refractivity contribution in [1.29, 1.82) is 0 Å². The van der Waals surface area contributed by atoms with Crippen LogP contribution in [-0.4, -0.2) is 53.2 Å². The van der Waals surface area contributed by atoms with E-state index in [1.54, 1.807) is 0 Å². The minimum Gasteiger partial charge on any atom is -0.492 e. The first-order chi connectivity index (χ1) is 11.3. The molecule has 3 rings (SSSR count). The molecule has 0 atom stereocenters. The molecule has 2 heterocycles. The molecule has 1 N–H and O–H groups in total. The molecule has 1 aliphatic rings. The molecule has 0 radical (unpaired) electrons. The number of nitrogens with zero attached hydrogens (tertiary/aromatic N) is 4. The summed E-state index contributed by atoms with van der Waals surface area (Å²) in [6, 6.07) is 10.4. The van der Waals surface area contributed by atoms with Crippen molar-refractivity contribution < 1.29 is 4.74 Å². The summed E-state index contributed by atoms with van der Waals surface area (Å²) in [5.74, 6) is 0.915. The summed E-state index contributed by atoms with van der Waals surface area (Å²) in [6.45, 7) is 4.45. The average Bonchev–Trinajstić information content (AvgIpc) is 3.05. The van der Waals surface area contributed by atoms with E-state index >= 15 is 0 Å². The van der Waals surface area contributed by atoms with Gasteiger partial charge in [-0.3, -0.25) is 4.90 Å². The van der Waals surface area contributed by atoms with Gasteiger partial charge in [-0.25, -0.2) is 4.68 Å². The molecule has 0 bridgehead atoms. The van der Waals surface area contributed by atoms with Gasteiger partial charge in [-0.2, -0.15) is 0 Å². The molecule has 0 aliphatic carbocycles. The van der Waals surface area contributed by atoms with Crippen LogP contribution in [0.3, 0.4) is 0 Å². The molecular formula is C17H25N5O. The maximum atomic E-state index is 5.72. The zero-order valence-electron chi connectivity index (χ0n) is 13.7. The van der Waals surface area contributed by atoms with E-state index in [0.29, 0.717) is 12.6 Å². The number of piperidine rings is 1. The Morgan fingerprint density at radius 2 is 2.04 bits per heavy atom. The fourth-order valence-corrected chi connectivity index (χ4v) is 2.83. The standard InChI is InChI=1S/C17H25N5O/c1-21(11-12-23-17-5-3-2-4-6-17)13-15-14-22(20-19-15)16-7-9-18-10-8-16/h2-6,14,16,18H,7-13H2,1H3. The number of benzene rings is 1. The number of aromatic nitrogens is 3. The quantitative estimate of drug-likeness (QED) is 0.843. The van der Waals surface area contributed by atoms with Crippen LogP contribution in [0.4, 0.5) is 0 Å². The molecule has 1 aliphatic heterocycles. The smallest absolute Gasteiger partial charge is 0.119 e. The Morgan fingerprint density at radius 1 is 1.26 bits per heavy atom. The van der Waals surface area contributed by atoms with E-state index in [1.807, 2.05) is 35.0 Å². The van der Waals surface area contributed by atoms with Crippen molar-refractivity contribution >= 4 is 0 Å². The third-order valence-electron chi connectivity index (χ3n) is 4.16. The lowest BCUT2D eigenvalue weighted by atomic mass is 10.1. The van der Waals surface area contributed by atoms with Crippen molar-refractivity contribution in [3.05, 3.63) is 42.2 Å². The maximum Gasteiger partial charge on any atom is 0.119 e. The van der Waals surface area contributed by atoms with E-state index in [1.165, 1.54) is 0 Å². The van der Waals surface area contributed by atoms with Gasteiger partial charge in [-0.15, -0.1) is 5.10 Å². The Morgan fingerprint density at radius 3 is 2.83 bits per heavy atom. The highest BCUT2D eigenvalue weighted by Gasteiger charge is 2.16. The second-order valence-electron chi connectivity index (χ2n) is 6.07. The predicted molar refractivity (Wildman–Crippen MR) is 89.4 cm³/mol. The SMILES string of the molecule is CN(CCOc1ccccc1)Cc1cn(C2CCNCC2)nn1. The highest BCUT2D eigenvalue weighted by molar-refractivity contribution is 5.20. The fraction of sp³-hybridized carbons (Fsp3) is 0.529. The third-order valence-corrected chi connectivity index (χ3v) is 4.16. The molecule has 0 saturated carbocycles. The van der Waals surface area contributed by atoms with Gasteiger partial charge >= 0.3 is 0 Å². The van der Waals surface area contributed by atoms with Gasteiger partial charge < -0.3 is 10.1 Å². The lowest BCUT2D eigenvalue weighted by Gasteiger charge is -2.22. The molecule has 6 nitrogen and oxygen atoms in total. The number of ether oxygens (including phenoxy) is 1. The van der Waals surface area contributed by atoms with Gasteiger partial charge in [0.1, 0.15) is 12.4 Å². The summed E-state index contributed by atoms with van der Waals surface area (Å²) in [5.41, 5.74) is 1.02. The Hall–Kier alpha value is -1.92. The number of hydrogen-bond acceptors (Lipinski definition) is 5. The van der Waals surface area contributed by atoms with Crippen molar-refractivity contribution in [1.82, 2.24) is 25.2 Å². The Balaban J connectivity index is 1.42.